The van der Waals surface area contributed by atoms with Crippen LogP contribution in [0.3, 0.4) is 0 Å². The van der Waals surface area contributed by atoms with Gasteiger partial charge in [0.1, 0.15) is 6.61 Å². The maximum Gasteiger partial charge on any atom is 0.407 e. The van der Waals surface area contributed by atoms with Crippen LogP contribution in [0.5, 0.6) is 0 Å². The van der Waals surface area contributed by atoms with Gasteiger partial charge in [-0.05, 0) is 5.56 Å². The van der Waals surface area contributed by atoms with E-state index in [4.69, 9.17) is 9.84 Å². The van der Waals surface area contributed by atoms with Gasteiger partial charge in [0.25, 0.3) is 5.56 Å². The molecule has 0 fully saturated rings. The molecule has 0 bridgehead atoms. The van der Waals surface area contributed by atoms with Gasteiger partial charge >= 0.3 is 11.8 Å². The van der Waals surface area contributed by atoms with Gasteiger partial charge in [0.15, 0.2) is 0 Å². The van der Waals surface area contributed by atoms with E-state index in [2.05, 4.69) is 10.3 Å². The van der Waals surface area contributed by atoms with E-state index in [-0.39, 0.29) is 31.9 Å². The van der Waals surface area contributed by atoms with Crippen LogP contribution in [0, 0.1) is 0 Å². The average molecular weight is 319 g/mol. The highest BCUT2D eigenvalue weighted by Gasteiger charge is 2.07. The van der Waals surface area contributed by atoms with Crippen LogP contribution in [0.4, 0.5) is 4.79 Å². The number of carbonyl (C=O) groups excluding carboxylic acids is 1. The summed E-state index contributed by atoms with van der Waals surface area (Å²) in [7, 11) is 0. The second kappa shape index (κ2) is 7.95. The van der Waals surface area contributed by atoms with Crippen molar-refractivity contribution < 1.29 is 14.6 Å². The lowest BCUT2D eigenvalue weighted by atomic mass is 10.2. The quantitative estimate of drug-likeness (QED) is 0.691. The molecule has 0 radical (unpaired) electrons. The van der Waals surface area contributed by atoms with Crippen LogP contribution in [0.2, 0.25) is 0 Å². The fourth-order valence-corrected chi connectivity index (χ4v) is 1.90. The third-order valence-corrected chi connectivity index (χ3v) is 3.06. The number of aromatic nitrogens is 2. The average Bonchev–Trinajstić information content (AvgIpc) is 2.55. The van der Waals surface area contributed by atoms with Crippen LogP contribution < -0.4 is 16.6 Å². The summed E-state index contributed by atoms with van der Waals surface area (Å²) in [4.78, 5) is 36.9. The topological polar surface area (TPSA) is 113 Å². The molecule has 2 aromatic rings. The first-order valence-corrected chi connectivity index (χ1v) is 6.98. The molecule has 8 nitrogen and oxygen atoms in total. The van der Waals surface area contributed by atoms with Crippen molar-refractivity contribution in [2.24, 2.45) is 0 Å². The Balaban J connectivity index is 1.92. The van der Waals surface area contributed by atoms with E-state index >= 15 is 0 Å². The largest absolute Gasteiger partial charge is 0.445 e. The Morgan fingerprint density at radius 2 is 2.00 bits per heavy atom. The molecular weight excluding hydrogens is 302 g/mol. The summed E-state index contributed by atoms with van der Waals surface area (Å²) in [5.74, 6) is 0. The van der Waals surface area contributed by atoms with Gasteiger partial charge in [-0.1, -0.05) is 30.3 Å². The van der Waals surface area contributed by atoms with Crippen molar-refractivity contribution in [2.75, 3.05) is 6.61 Å². The predicted octanol–water partition coefficient (Wildman–Crippen LogP) is -0.0447. The van der Waals surface area contributed by atoms with E-state index in [9.17, 15) is 14.4 Å². The monoisotopic (exact) mass is 319 g/mol. The number of hydrogen-bond acceptors (Lipinski definition) is 5. The summed E-state index contributed by atoms with van der Waals surface area (Å²) in [6.07, 6.45) is 0.627. The van der Waals surface area contributed by atoms with Crippen LogP contribution in [-0.2, 0) is 24.4 Å². The van der Waals surface area contributed by atoms with Crippen LogP contribution >= 0.6 is 0 Å². The summed E-state index contributed by atoms with van der Waals surface area (Å²) < 4.78 is 6.18. The highest BCUT2D eigenvalue weighted by atomic mass is 16.5. The molecule has 0 unspecified atom stereocenters. The second-order valence-corrected chi connectivity index (χ2v) is 4.75. The minimum atomic E-state index is -0.673. The number of carbonyl (C=O) groups is 1. The highest BCUT2D eigenvalue weighted by Crippen LogP contribution is 2.00. The van der Waals surface area contributed by atoms with Crippen molar-refractivity contribution in [3.8, 4) is 0 Å². The number of nitrogens with one attached hydrogen (secondary N) is 2. The molecule has 0 atom stereocenters. The third kappa shape index (κ3) is 4.82. The molecule has 8 heteroatoms. The summed E-state index contributed by atoms with van der Waals surface area (Å²) in [6, 6.07) is 9.17. The van der Waals surface area contributed by atoms with E-state index in [1.54, 1.807) is 0 Å². The molecule has 1 amide bonds. The molecule has 122 valence electrons. The standard InChI is InChI=1S/C15H17N3O5/c19-7-6-18-9-12(13(20)17-14(18)21)8-16-15(22)23-10-11-4-2-1-3-5-11/h1-5,9,19H,6-8,10H2,(H,16,22)(H,17,20,21). The molecule has 3 N–H and O–H groups in total. The number of aliphatic hydroxyl groups is 1. The molecule has 0 aliphatic carbocycles. The Morgan fingerprint density at radius 1 is 1.26 bits per heavy atom. The lowest BCUT2D eigenvalue weighted by molar-refractivity contribution is 0.139. The minimum absolute atomic E-state index is 0.0566. The SMILES string of the molecule is O=C(NCc1cn(CCO)c(=O)[nH]c1=O)OCc1ccccc1. The number of H-pyrrole nitrogens is 1. The molecular formula is C15H17N3O5. The predicted molar refractivity (Wildman–Crippen MR) is 81.9 cm³/mol. The van der Waals surface area contributed by atoms with Crippen molar-refractivity contribution in [2.45, 2.75) is 19.7 Å². The Bertz CT molecular complexity index is 767. The molecule has 0 aliphatic heterocycles. The molecule has 0 spiro atoms. The first-order valence-electron chi connectivity index (χ1n) is 6.98. The van der Waals surface area contributed by atoms with Gasteiger partial charge in [-0.25, -0.2) is 9.59 Å². The molecule has 2 rings (SSSR count). The Kier molecular flexibility index (Phi) is 5.70. The van der Waals surface area contributed by atoms with Crippen molar-refractivity contribution >= 4 is 6.09 Å². The van der Waals surface area contributed by atoms with E-state index in [0.29, 0.717) is 0 Å². The van der Waals surface area contributed by atoms with Gasteiger partial charge in [-0.15, -0.1) is 0 Å². The zero-order valence-corrected chi connectivity index (χ0v) is 12.3. The van der Waals surface area contributed by atoms with Gasteiger partial charge in [0, 0.05) is 6.20 Å². The Hall–Kier alpha value is -2.87. The van der Waals surface area contributed by atoms with Gasteiger partial charge in [-0.2, -0.15) is 0 Å². The number of aliphatic hydroxyl groups excluding tert-OH is 1. The smallest absolute Gasteiger partial charge is 0.407 e. The van der Waals surface area contributed by atoms with Gasteiger partial charge < -0.3 is 15.2 Å². The van der Waals surface area contributed by atoms with E-state index in [1.165, 1.54) is 6.20 Å². The van der Waals surface area contributed by atoms with Crippen molar-refractivity contribution in [1.29, 1.82) is 0 Å². The number of rotatable bonds is 6. The number of amides is 1. The molecule has 0 saturated carbocycles. The number of hydrogen-bond donors (Lipinski definition) is 3. The van der Waals surface area contributed by atoms with E-state index in [1.807, 2.05) is 30.3 Å². The third-order valence-electron chi connectivity index (χ3n) is 3.06. The minimum Gasteiger partial charge on any atom is -0.445 e. The number of benzene rings is 1. The molecule has 1 heterocycles. The number of nitrogens with zero attached hydrogens (tertiary/aromatic N) is 1. The zero-order valence-electron chi connectivity index (χ0n) is 12.3. The van der Waals surface area contributed by atoms with Gasteiger partial charge in [0.2, 0.25) is 0 Å². The van der Waals surface area contributed by atoms with Crippen molar-refractivity contribution in [3.05, 3.63) is 68.5 Å². The highest BCUT2D eigenvalue weighted by molar-refractivity contribution is 5.67. The van der Waals surface area contributed by atoms with E-state index in [0.717, 1.165) is 10.1 Å². The van der Waals surface area contributed by atoms with Crippen LogP contribution in [0.25, 0.3) is 0 Å². The zero-order chi connectivity index (χ0) is 16.7. The first-order chi connectivity index (χ1) is 11.1. The maximum atomic E-state index is 11.7. The number of alkyl carbamates (subject to hydrolysis) is 1. The molecule has 1 aromatic heterocycles. The molecule has 23 heavy (non-hydrogen) atoms. The summed E-state index contributed by atoms with van der Waals surface area (Å²) >= 11 is 0. The van der Waals surface area contributed by atoms with E-state index < -0.39 is 17.3 Å². The fraction of sp³-hybridized carbons (Fsp3) is 0.267. The lowest BCUT2D eigenvalue weighted by Gasteiger charge is -2.08. The first kappa shape index (κ1) is 16.5. The van der Waals surface area contributed by atoms with Crippen LogP contribution in [0.1, 0.15) is 11.1 Å². The molecule has 1 aromatic carbocycles. The Labute approximate surface area is 131 Å². The number of ether oxygens (including phenoxy) is 1. The number of aromatic amines is 1. The summed E-state index contributed by atoms with van der Waals surface area (Å²) in [5, 5.41) is 11.3. The normalized spacial score (nSPS) is 10.3. The van der Waals surface area contributed by atoms with Crippen LogP contribution in [0.15, 0.2) is 46.1 Å². The summed E-state index contributed by atoms with van der Waals surface area (Å²) in [6.45, 7) is -0.152. The van der Waals surface area contributed by atoms with Crippen molar-refractivity contribution in [1.82, 2.24) is 14.9 Å². The maximum absolute atomic E-state index is 11.7. The summed E-state index contributed by atoms with van der Waals surface area (Å²) in [5.41, 5.74) is -0.168. The van der Waals surface area contributed by atoms with Crippen molar-refractivity contribution in [3.63, 3.8) is 0 Å². The molecule has 0 saturated heterocycles. The molecule has 0 aliphatic rings. The fourth-order valence-electron chi connectivity index (χ4n) is 1.90. The van der Waals surface area contributed by atoms with Gasteiger partial charge in [-0.3, -0.25) is 14.3 Å². The van der Waals surface area contributed by atoms with Gasteiger partial charge in [0.05, 0.1) is 25.3 Å². The Morgan fingerprint density at radius 3 is 2.70 bits per heavy atom. The lowest BCUT2D eigenvalue weighted by Crippen LogP contribution is -2.35. The van der Waals surface area contributed by atoms with Crippen LogP contribution in [-0.4, -0.2) is 27.4 Å². The second-order valence-electron chi connectivity index (χ2n) is 4.75.